The van der Waals surface area contributed by atoms with Crippen LogP contribution in [0.2, 0.25) is 0 Å². The fraction of sp³-hybridized carbons (Fsp3) is 0.133. The molecule has 2 aromatic heterocycles. The quantitative estimate of drug-likeness (QED) is 0.238. The Morgan fingerprint density at radius 2 is 1.59 bits per heavy atom. The Morgan fingerprint density at radius 1 is 0.941 bits per heavy atom. The van der Waals surface area contributed by atoms with Crippen molar-refractivity contribution in [1.29, 1.82) is 0 Å². The van der Waals surface area contributed by atoms with E-state index in [1.807, 2.05) is 24.3 Å². The normalized spacial score (nSPS) is 13.2. The van der Waals surface area contributed by atoms with Crippen molar-refractivity contribution in [2.24, 2.45) is 5.92 Å². The van der Waals surface area contributed by atoms with Crippen molar-refractivity contribution >= 4 is 27.4 Å². The molecule has 0 saturated carbocycles. The molecule has 4 heteroatoms. The minimum Gasteiger partial charge on any atom is -0.416 e. The van der Waals surface area contributed by atoms with Crippen LogP contribution >= 0.6 is 0 Å². The van der Waals surface area contributed by atoms with E-state index in [9.17, 15) is 0 Å². The lowest BCUT2D eigenvalue weighted by atomic mass is 10.1. The first kappa shape index (κ1) is 21.7. The fourth-order valence-corrected chi connectivity index (χ4v) is 4.14. The second-order valence-corrected chi connectivity index (χ2v) is 8.43. The molecule has 0 radical (unpaired) electrons. The molecule has 1 unspecified atom stereocenters. The van der Waals surface area contributed by atoms with Gasteiger partial charge in [-0.3, -0.25) is 0 Å². The lowest BCUT2D eigenvalue weighted by Gasteiger charge is -2.08. The Balaban J connectivity index is 1.49. The Morgan fingerprint density at radius 3 is 2.21 bits per heavy atom. The van der Waals surface area contributed by atoms with Crippen molar-refractivity contribution in [3.63, 3.8) is 0 Å². The maximum absolute atomic E-state index is 6.03. The number of allylic oxidation sites excluding steroid dienone is 5. The minimum atomic E-state index is 0.476. The van der Waals surface area contributed by atoms with E-state index in [0.29, 0.717) is 17.7 Å². The number of benzene rings is 3. The van der Waals surface area contributed by atoms with Crippen LogP contribution in [0.5, 0.6) is 0 Å². The largest absolute Gasteiger partial charge is 0.416 e. The molecule has 3 aromatic carbocycles. The summed E-state index contributed by atoms with van der Waals surface area (Å²) in [4.78, 5) is 0. The lowest BCUT2D eigenvalue weighted by Crippen LogP contribution is -1.93. The molecule has 5 rings (SSSR count). The summed E-state index contributed by atoms with van der Waals surface area (Å²) in [5, 5.41) is 11.1. The molecule has 0 N–H and O–H groups in total. The molecule has 0 aliphatic rings. The van der Waals surface area contributed by atoms with Gasteiger partial charge >= 0.3 is 0 Å². The Kier molecular flexibility index (Phi) is 5.96. The highest BCUT2D eigenvalue weighted by Crippen LogP contribution is 2.32. The Bertz CT molecular complexity index is 1460. The van der Waals surface area contributed by atoms with Crippen LogP contribution in [0.15, 0.2) is 108 Å². The van der Waals surface area contributed by atoms with E-state index in [1.54, 1.807) is 6.08 Å². The first-order chi connectivity index (χ1) is 16.7. The first-order valence-electron chi connectivity index (χ1n) is 11.6. The van der Waals surface area contributed by atoms with Gasteiger partial charge in [-0.15, -0.1) is 10.2 Å². The third-order valence-electron chi connectivity index (χ3n) is 6.17. The summed E-state index contributed by atoms with van der Waals surface area (Å²) in [6.07, 6.45) is 8.88. The number of nitrogens with zero attached hydrogens (tertiary/aromatic N) is 3. The molecule has 0 aliphatic heterocycles. The third kappa shape index (κ3) is 3.99. The molecule has 0 amide bonds. The van der Waals surface area contributed by atoms with Gasteiger partial charge in [0.25, 0.3) is 0 Å². The molecular formula is C30H27N3O. The topological polar surface area (TPSA) is 43.9 Å². The standard InChI is InChI=1S/C30H27N3O/c1-4-10-22(16-15-21(3)5-2)29-31-32-30(34-29)23-17-19-24(20-18-23)33-27-13-8-6-11-25(27)26-12-7-9-14-28(26)33/h4,6-21H,1,5H2,2-3H3. The van der Waals surface area contributed by atoms with E-state index in [1.165, 1.54) is 21.8 Å². The first-order valence-corrected chi connectivity index (χ1v) is 11.6. The van der Waals surface area contributed by atoms with Gasteiger partial charge in [-0.25, -0.2) is 0 Å². The van der Waals surface area contributed by atoms with Crippen molar-refractivity contribution in [3.05, 3.63) is 110 Å². The predicted octanol–water partition coefficient (Wildman–Crippen LogP) is 8.01. The zero-order valence-electron chi connectivity index (χ0n) is 19.5. The Hall–Kier alpha value is -4.18. The van der Waals surface area contributed by atoms with E-state index >= 15 is 0 Å². The van der Waals surface area contributed by atoms with Gasteiger partial charge in [0.2, 0.25) is 11.8 Å². The molecule has 4 nitrogen and oxygen atoms in total. The summed E-state index contributed by atoms with van der Waals surface area (Å²) in [5.74, 6) is 1.46. The SMILES string of the molecule is C=CC=C(C=CC(C)CC)c1nnc(-c2ccc(-n3c4ccccc4c4ccccc43)cc2)o1. The minimum absolute atomic E-state index is 0.476. The molecule has 0 fully saturated rings. The molecular weight excluding hydrogens is 418 g/mol. The van der Waals surface area contributed by atoms with Crippen LogP contribution in [0.1, 0.15) is 26.2 Å². The molecule has 5 aromatic rings. The van der Waals surface area contributed by atoms with Gasteiger partial charge in [-0.05, 0) is 42.3 Å². The van der Waals surface area contributed by atoms with Crippen molar-refractivity contribution < 1.29 is 4.42 Å². The second-order valence-electron chi connectivity index (χ2n) is 8.43. The number of hydrogen-bond acceptors (Lipinski definition) is 3. The van der Waals surface area contributed by atoms with Crippen LogP contribution in [0.3, 0.4) is 0 Å². The third-order valence-corrected chi connectivity index (χ3v) is 6.17. The molecule has 0 bridgehead atoms. The van der Waals surface area contributed by atoms with Crippen LogP contribution in [0.25, 0.3) is 44.5 Å². The Labute approximate surface area is 199 Å². The lowest BCUT2D eigenvalue weighted by molar-refractivity contribution is 0.554. The van der Waals surface area contributed by atoms with E-state index in [2.05, 4.69) is 102 Å². The van der Waals surface area contributed by atoms with Gasteiger partial charge in [-0.1, -0.05) is 87.5 Å². The van der Waals surface area contributed by atoms with Gasteiger partial charge < -0.3 is 8.98 Å². The zero-order chi connectivity index (χ0) is 23.5. The highest BCUT2D eigenvalue weighted by atomic mass is 16.4. The second kappa shape index (κ2) is 9.36. The molecule has 1 atom stereocenters. The molecule has 0 aliphatic carbocycles. The molecule has 168 valence electrons. The van der Waals surface area contributed by atoms with Gasteiger partial charge in [0.15, 0.2) is 0 Å². The van der Waals surface area contributed by atoms with E-state index < -0.39 is 0 Å². The maximum atomic E-state index is 6.03. The summed E-state index contributed by atoms with van der Waals surface area (Å²) in [7, 11) is 0. The highest BCUT2D eigenvalue weighted by Gasteiger charge is 2.14. The van der Waals surface area contributed by atoms with Crippen LogP contribution in [0.4, 0.5) is 0 Å². The zero-order valence-corrected chi connectivity index (χ0v) is 19.5. The van der Waals surface area contributed by atoms with Crippen molar-refractivity contribution in [3.8, 4) is 17.1 Å². The number of hydrogen-bond donors (Lipinski definition) is 0. The van der Waals surface area contributed by atoms with Gasteiger partial charge in [0, 0.05) is 27.6 Å². The number of rotatable bonds is 7. The van der Waals surface area contributed by atoms with E-state index in [-0.39, 0.29) is 0 Å². The number of aromatic nitrogens is 3. The van der Waals surface area contributed by atoms with Crippen LogP contribution in [-0.4, -0.2) is 14.8 Å². The molecule has 2 heterocycles. The number of para-hydroxylation sites is 2. The van der Waals surface area contributed by atoms with Crippen LogP contribution in [0, 0.1) is 5.92 Å². The average molecular weight is 446 g/mol. The van der Waals surface area contributed by atoms with Crippen LogP contribution < -0.4 is 0 Å². The summed E-state index contributed by atoms with van der Waals surface area (Å²) >= 11 is 0. The van der Waals surface area contributed by atoms with Crippen LogP contribution in [-0.2, 0) is 0 Å². The fourth-order valence-electron chi connectivity index (χ4n) is 4.14. The summed E-state index contributed by atoms with van der Waals surface area (Å²) < 4.78 is 8.32. The van der Waals surface area contributed by atoms with Crippen molar-refractivity contribution in [2.45, 2.75) is 20.3 Å². The van der Waals surface area contributed by atoms with Gasteiger partial charge in [-0.2, -0.15) is 0 Å². The van der Waals surface area contributed by atoms with Crippen molar-refractivity contribution in [1.82, 2.24) is 14.8 Å². The molecule has 0 spiro atoms. The van der Waals surface area contributed by atoms with Crippen molar-refractivity contribution in [2.75, 3.05) is 0 Å². The van der Waals surface area contributed by atoms with Gasteiger partial charge in [0.05, 0.1) is 11.0 Å². The number of fused-ring (bicyclic) bond motifs is 3. The molecule has 0 saturated heterocycles. The summed E-state index contributed by atoms with van der Waals surface area (Å²) in [5.41, 5.74) is 5.19. The molecule has 34 heavy (non-hydrogen) atoms. The predicted molar refractivity (Wildman–Crippen MR) is 141 cm³/mol. The van der Waals surface area contributed by atoms with Gasteiger partial charge in [0.1, 0.15) is 0 Å². The average Bonchev–Trinajstić information content (AvgIpc) is 3.50. The van der Waals surface area contributed by atoms with E-state index in [4.69, 9.17) is 4.42 Å². The maximum Gasteiger partial charge on any atom is 0.248 e. The summed E-state index contributed by atoms with van der Waals surface area (Å²) in [6.45, 7) is 8.16. The summed E-state index contributed by atoms with van der Waals surface area (Å²) in [6, 6.07) is 25.3. The smallest absolute Gasteiger partial charge is 0.248 e. The highest BCUT2D eigenvalue weighted by molar-refractivity contribution is 6.09. The monoisotopic (exact) mass is 445 g/mol. The van der Waals surface area contributed by atoms with E-state index in [0.717, 1.165) is 23.2 Å².